The number of para-hydroxylation sites is 1. The molecule has 1 aromatic heterocycles. The summed E-state index contributed by atoms with van der Waals surface area (Å²) in [5, 5.41) is 1.20. The van der Waals surface area contributed by atoms with Gasteiger partial charge in [-0.3, -0.25) is 9.59 Å². The molecule has 0 radical (unpaired) electrons. The summed E-state index contributed by atoms with van der Waals surface area (Å²) >= 11 is 0. The van der Waals surface area contributed by atoms with Gasteiger partial charge in [0, 0.05) is 56.6 Å². The Morgan fingerprint density at radius 1 is 0.962 bits per heavy atom. The molecule has 1 aromatic carbocycles. The van der Waals surface area contributed by atoms with Gasteiger partial charge in [0.1, 0.15) is 0 Å². The molecule has 142 valence electrons. The Hall–Kier alpha value is -2.30. The molecule has 0 atom stereocenters. The first-order chi connectivity index (χ1) is 12.6. The van der Waals surface area contributed by atoms with Gasteiger partial charge in [0.25, 0.3) is 0 Å². The molecule has 0 saturated carbocycles. The number of rotatable bonds is 10. The molecule has 0 spiro atoms. The fourth-order valence-electron chi connectivity index (χ4n) is 3.31. The van der Waals surface area contributed by atoms with Crippen molar-refractivity contribution in [3.63, 3.8) is 0 Å². The second-order valence-electron chi connectivity index (χ2n) is 6.75. The Bertz CT molecular complexity index is 717. The van der Waals surface area contributed by atoms with Crippen molar-refractivity contribution >= 4 is 22.7 Å². The number of hydrogen-bond donors (Lipinski definition) is 1. The lowest BCUT2D eigenvalue weighted by atomic mass is 10.1. The van der Waals surface area contributed by atoms with Gasteiger partial charge in [-0.25, -0.2) is 0 Å². The molecule has 0 unspecified atom stereocenters. The average molecular weight is 357 g/mol. The van der Waals surface area contributed by atoms with Gasteiger partial charge in [-0.1, -0.05) is 32.0 Å². The Kier molecular flexibility index (Phi) is 7.70. The maximum atomic E-state index is 12.4. The number of aromatic nitrogens is 1. The van der Waals surface area contributed by atoms with Crippen LogP contribution in [0.15, 0.2) is 30.5 Å². The Morgan fingerprint density at radius 2 is 1.65 bits per heavy atom. The summed E-state index contributed by atoms with van der Waals surface area (Å²) < 4.78 is 0. The number of H-pyrrole nitrogens is 1. The molecule has 0 bridgehead atoms. The molecule has 2 amide bonds. The molecular weight excluding hydrogens is 326 g/mol. The van der Waals surface area contributed by atoms with Crippen molar-refractivity contribution in [2.75, 3.05) is 26.2 Å². The SMILES string of the molecule is CCCN(CCC)C(=O)CCN(CCc1c[nH]c2ccccc12)C(C)=O. The molecule has 0 aliphatic carbocycles. The Morgan fingerprint density at radius 3 is 2.31 bits per heavy atom. The molecule has 2 aromatic rings. The summed E-state index contributed by atoms with van der Waals surface area (Å²) in [5.74, 6) is 0.169. The zero-order valence-corrected chi connectivity index (χ0v) is 16.3. The topological polar surface area (TPSA) is 56.4 Å². The van der Waals surface area contributed by atoms with Crippen molar-refractivity contribution in [1.29, 1.82) is 0 Å². The number of carbonyl (C=O) groups is 2. The quantitative estimate of drug-likeness (QED) is 0.706. The van der Waals surface area contributed by atoms with Crippen LogP contribution in [-0.2, 0) is 16.0 Å². The lowest BCUT2D eigenvalue weighted by molar-refractivity contribution is -0.133. The zero-order valence-electron chi connectivity index (χ0n) is 16.3. The summed E-state index contributed by atoms with van der Waals surface area (Å²) in [6.07, 6.45) is 5.11. The molecule has 26 heavy (non-hydrogen) atoms. The van der Waals surface area contributed by atoms with E-state index in [0.29, 0.717) is 19.5 Å². The highest BCUT2D eigenvalue weighted by Gasteiger charge is 2.16. The van der Waals surface area contributed by atoms with Gasteiger partial charge in [-0.05, 0) is 30.9 Å². The highest BCUT2D eigenvalue weighted by atomic mass is 16.2. The van der Waals surface area contributed by atoms with Crippen LogP contribution < -0.4 is 0 Å². The summed E-state index contributed by atoms with van der Waals surface area (Å²) in [4.78, 5) is 31.4. The molecular formula is C21H31N3O2. The predicted octanol–water partition coefficient (Wildman–Crippen LogP) is 3.60. The molecule has 5 heteroatoms. The molecule has 1 N–H and O–H groups in total. The molecule has 0 fully saturated rings. The van der Waals surface area contributed by atoms with E-state index in [9.17, 15) is 9.59 Å². The number of nitrogens with zero attached hydrogens (tertiary/aromatic N) is 2. The van der Waals surface area contributed by atoms with Gasteiger partial charge in [0.2, 0.25) is 11.8 Å². The van der Waals surface area contributed by atoms with E-state index in [2.05, 4.69) is 31.0 Å². The predicted molar refractivity (Wildman–Crippen MR) is 106 cm³/mol. The maximum Gasteiger partial charge on any atom is 0.224 e. The van der Waals surface area contributed by atoms with E-state index in [0.717, 1.165) is 37.9 Å². The van der Waals surface area contributed by atoms with Crippen LogP contribution in [0.2, 0.25) is 0 Å². The number of aromatic amines is 1. The lowest BCUT2D eigenvalue weighted by Crippen LogP contribution is -2.37. The Balaban J connectivity index is 1.92. The smallest absolute Gasteiger partial charge is 0.224 e. The van der Waals surface area contributed by atoms with Gasteiger partial charge < -0.3 is 14.8 Å². The van der Waals surface area contributed by atoms with Crippen LogP contribution >= 0.6 is 0 Å². The van der Waals surface area contributed by atoms with Gasteiger partial charge >= 0.3 is 0 Å². The lowest BCUT2D eigenvalue weighted by Gasteiger charge is -2.25. The largest absolute Gasteiger partial charge is 0.361 e. The van der Waals surface area contributed by atoms with E-state index in [1.165, 1.54) is 10.9 Å². The fourth-order valence-corrected chi connectivity index (χ4v) is 3.31. The minimum absolute atomic E-state index is 0.0233. The third-order valence-corrected chi connectivity index (χ3v) is 4.71. The van der Waals surface area contributed by atoms with Crippen molar-refractivity contribution in [2.24, 2.45) is 0 Å². The maximum absolute atomic E-state index is 12.4. The normalized spacial score (nSPS) is 10.9. The number of nitrogens with one attached hydrogen (secondary N) is 1. The third-order valence-electron chi connectivity index (χ3n) is 4.71. The average Bonchev–Trinajstić information content (AvgIpc) is 3.04. The highest BCUT2D eigenvalue weighted by Crippen LogP contribution is 2.18. The summed E-state index contributed by atoms with van der Waals surface area (Å²) in [6, 6.07) is 8.18. The van der Waals surface area contributed by atoms with Gasteiger partial charge in [0.05, 0.1) is 0 Å². The van der Waals surface area contributed by atoms with E-state index in [1.54, 1.807) is 11.8 Å². The second kappa shape index (κ2) is 10.00. The molecule has 2 rings (SSSR count). The van der Waals surface area contributed by atoms with Crippen molar-refractivity contribution in [2.45, 2.75) is 46.5 Å². The van der Waals surface area contributed by atoms with E-state index in [1.807, 2.05) is 23.2 Å². The molecule has 1 heterocycles. The van der Waals surface area contributed by atoms with Crippen LogP contribution in [0.25, 0.3) is 10.9 Å². The zero-order chi connectivity index (χ0) is 18.9. The molecule has 0 aliphatic rings. The summed E-state index contributed by atoms with van der Waals surface area (Å²) in [6.45, 7) is 8.45. The van der Waals surface area contributed by atoms with Crippen LogP contribution in [0, 0.1) is 0 Å². The number of hydrogen-bond acceptors (Lipinski definition) is 2. The number of fused-ring (bicyclic) bond motifs is 1. The van der Waals surface area contributed by atoms with Crippen molar-refractivity contribution in [1.82, 2.24) is 14.8 Å². The monoisotopic (exact) mass is 357 g/mol. The van der Waals surface area contributed by atoms with Crippen LogP contribution in [0.4, 0.5) is 0 Å². The van der Waals surface area contributed by atoms with E-state index < -0.39 is 0 Å². The standard InChI is InChI=1S/C21H31N3O2/c1-4-12-24(13-5-2)21(26)11-15-23(17(3)25)14-10-18-16-22-20-9-7-6-8-19(18)20/h6-9,16,22H,4-5,10-15H2,1-3H3. The Labute approximate surface area is 156 Å². The van der Waals surface area contributed by atoms with Crippen LogP contribution in [0.5, 0.6) is 0 Å². The van der Waals surface area contributed by atoms with Gasteiger partial charge in [-0.15, -0.1) is 0 Å². The summed E-state index contributed by atoms with van der Waals surface area (Å²) in [7, 11) is 0. The number of carbonyl (C=O) groups excluding carboxylic acids is 2. The first-order valence-corrected chi connectivity index (χ1v) is 9.65. The van der Waals surface area contributed by atoms with Crippen molar-refractivity contribution < 1.29 is 9.59 Å². The van der Waals surface area contributed by atoms with Crippen LogP contribution in [0.3, 0.4) is 0 Å². The van der Waals surface area contributed by atoms with Gasteiger partial charge in [0.15, 0.2) is 0 Å². The van der Waals surface area contributed by atoms with Crippen molar-refractivity contribution in [3.8, 4) is 0 Å². The second-order valence-corrected chi connectivity index (χ2v) is 6.75. The van der Waals surface area contributed by atoms with Crippen LogP contribution in [0.1, 0.15) is 45.6 Å². The molecule has 5 nitrogen and oxygen atoms in total. The van der Waals surface area contributed by atoms with E-state index in [-0.39, 0.29) is 11.8 Å². The fraction of sp³-hybridized carbons (Fsp3) is 0.524. The van der Waals surface area contributed by atoms with Crippen LogP contribution in [-0.4, -0.2) is 52.8 Å². The van der Waals surface area contributed by atoms with Crippen molar-refractivity contribution in [3.05, 3.63) is 36.0 Å². The highest BCUT2D eigenvalue weighted by molar-refractivity contribution is 5.83. The molecule has 0 saturated heterocycles. The first-order valence-electron chi connectivity index (χ1n) is 9.65. The minimum Gasteiger partial charge on any atom is -0.361 e. The first kappa shape index (κ1) is 20.0. The third kappa shape index (κ3) is 5.35. The molecule has 0 aliphatic heterocycles. The van der Waals surface area contributed by atoms with E-state index >= 15 is 0 Å². The van der Waals surface area contributed by atoms with E-state index in [4.69, 9.17) is 0 Å². The number of amides is 2. The summed E-state index contributed by atoms with van der Waals surface area (Å²) in [5.41, 5.74) is 2.32. The number of benzene rings is 1. The van der Waals surface area contributed by atoms with Gasteiger partial charge in [-0.2, -0.15) is 0 Å². The minimum atomic E-state index is 0.0233.